The van der Waals surface area contributed by atoms with Crippen LogP contribution in [0.2, 0.25) is 0 Å². The van der Waals surface area contributed by atoms with Crippen molar-refractivity contribution < 1.29 is 22.3 Å². The fourth-order valence-electron chi connectivity index (χ4n) is 2.19. The molecule has 134 valence electrons. The maximum Gasteiger partial charge on any atom is 0.266 e. The van der Waals surface area contributed by atoms with Gasteiger partial charge in [0.2, 0.25) is 0 Å². The summed E-state index contributed by atoms with van der Waals surface area (Å²) in [7, 11) is -4.24. The molecule has 0 heterocycles. The number of nitrogens with one attached hydrogen (secondary N) is 2. The van der Waals surface area contributed by atoms with Crippen LogP contribution in [-0.2, 0) is 10.0 Å². The number of carbonyl (C=O) groups excluding carboxylic acids is 1. The van der Waals surface area contributed by atoms with Crippen LogP contribution >= 0.6 is 0 Å². The van der Waals surface area contributed by atoms with Crippen LogP contribution in [0.4, 0.5) is 4.39 Å². The van der Waals surface area contributed by atoms with Crippen LogP contribution in [0.15, 0.2) is 41.3 Å². The van der Waals surface area contributed by atoms with Crippen LogP contribution in [-0.4, -0.2) is 20.9 Å². The fourth-order valence-corrected chi connectivity index (χ4v) is 3.19. The van der Waals surface area contributed by atoms with E-state index < -0.39 is 26.6 Å². The third-order valence-corrected chi connectivity index (χ3v) is 4.56. The summed E-state index contributed by atoms with van der Waals surface area (Å²) in [6.45, 7) is 5.67. The first-order chi connectivity index (χ1) is 11.7. The molecule has 0 unspecified atom stereocenters. The van der Waals surface area contributed by atoms with Gasteiger partial charge < -0.3 is 4.74 Å². The van der Waals surface area contributed by atoms with E-state index in [4.69, 9.17) is 4.74 Å². The molecule has 0 aliphatic carbocycles. The van der Waals surface area contributed by atoms with Crippen molar-refractivity contribution in [2.45, 2.75) is 25.7 Å². The Morgan fingerprint density at radius 1 is 1.12 bits per heavy atom. The highest BCUT2D eigenvalue weighted by atomic mass is 32.2. The lowest BCUT2D eigenvalue weighted by atomic mass is 10.1. The number of hydrazine groups is 1. The fraction of sp³-hybridized carbons (Fsp3) is 0.235. The second-order valence-electron chi connectivity index (χ2n) is 5.46. The monoisotopic (exact) mass is 366 g/mol. The van der Waals surface area contributed by atoms with Gasteiger partial charge in [0.05, 0.1) is 6.61 Å². The Kier molecular flexibility index (Phi) is 5.76. The molecule has 0 aromatic heterocycles. The standard InChI is InChI=1S/C17H19FN2O4S/c1-4-24-14-8-12(3)7-13(10-14)17(21)19-20-25(22,23)16-9-11(2)5-6-15(16)18/h5-10,20H,4H2,1-3H3,(H,19,21). The van der Waals surface area contributed by atoms with Crippen molar-refractivity contribution >= 4 is 15.9 Å². The Balaban J connectivity index is 2.17. The zero-order valence-electron chi connectivity index (χ0n) is 14.1. The molecule has 0 aliphatic heterocycles. The molecular formula is C17H19FN2O4S. The molecule has 2 aromatic carbocycles. The Hall–Kier alpha value is -2.45. The van der Waals surface area contributed by atoms with Gasteiger partial charge in [0.1, 0.15) is 16.5 Å². The lowest BCUT2D eigenvalue weighted by Crippen LogP contribution is -2.41. The smallest absolute Gasteiger partial charge is 0.266 e. The number of halogens is 1. The molecule has 8 heteroatoms. The molecule has 0 saturated carbocycles. The first kappa shape index (κ1) is 18.9. The van der Waals surface area contributed by atoms with E-state index in [0.29, 0.717) is 17.9 Å². The second-order valence-corrected chi connectivity index (χ2v) is 7.11. The molecule has 2 aromatic rings. The van der Waals surface area contributed by atoms with Crippen LogP contribution in [0.3, 0.4) is 0 Å². The number of hydrogen-bond acceptors (Lipinski definition) is 4. The van der Waals surface area contributed by atoms with E-state index in [9.17, 15) is 17.6 Å². The van der Waals surface area contributed by atoms with Crippen molar-refractivity contribution in [1.82, 2.24) is 10.3 Å². The average molecular weight is 366 g/mol. The van der Waals surface area contributed by atoms with Gasteiger partial charge in [-0.3, -0.25) is 10.2 Å². The van der Waals surface area contributed by atoms with Crippen molar-refractivity contribution in [3.05, 3.63) is 58.9 Å². The molecule has 0 atom stereocenters. The summed E-state index contributed by atoms with van der Waals surface area (Å²) < 4.78 is 43.5. The maximum atomic E-state index is 13.8. The van der Waals surface area contributed by atoms with E-state index in [2.05, 4.69) is 5.43 Å². The maximum absolute atomic E-state index is 13.8. The Morgan fingerprint density at radius 2 is 1.84 bits per heavy atom. The Morgan fingerprint density at radius 3 is 2.52 bits per heavy atom. The average Bonchev–Trinajstić information content (AvgIpc) is 2.54. The van der Waals surface area contributed by atoms with E-state index in [0.717, 1.165) is 11.6 Å². The highest BCUT2D eigenvalue weighted by Gasteiger charge is 2.20. The van der Waals surface area contributed by atoms with E-state index in [1.165, 1.54) is 18.2 Å². The largest absolute Gasteiger partial charge is 0.494 e. The number of aryl methyl sites for hydroxylation is 2. The molecule has 25 heavy (non-hydrogen) atoms. The van der Waals surface area contributed by atoms with E-state index in [-0.39, 0.29) is 5.56 Å². The number of sulfonamides is 1. The van der Waals surface area contributed by atoms with Crippen LogP contribution in [0.5, 0.6) is 5.75 Å². The van der Waals surface area contributed by atoms with Crippen LogP contribution in [0.25, 0.3) is 0 Å². The normalized spacial score (nSPS) is 11.2. The van der Waals surface area contributed by atoms with E-state index >= 15 is 0 Å². The van der Waals surface area contributed by atoms with E-state index in [1.807, 2.05) is 11.8 Å². The molecular weight excluding hydrogens is 347 g/mol. The van der Waals surface area contributed by atoms with Crippen molar-refractivity contribution in [2.75, 3.05) is 6.61 Å². The third-order valence-electron chi connectivity index (χ3n) is 3.30. The van der Waals surface area contributed by atoms with Crippen LogP contribution in [0.1, 0.15) is 28.4 Å². The van der Waals surface area contributed by atoms with Gasteiger partial charge in [-0.1, -0.05) is 6.07 Å². The van der Waals surface area contributed by atoms with Crippen molar-refractivity contribution in [1.29, 1.82) is 0 Å². The van der Waals surface area contributed by atoms with Gasteiger partial charge in [-0.15, -0.1) is 4.83 Å². The number of hydrogen-bond donors (Lipinski definition) is 2. The minimum atomic E-state index is -4.24. The number of benzene rings is 2. The van der Waals surface area contributed by atoms with Crippen molar-refractivity contribution in [2.24, 2.45) is 0 Å². The number of amides is 1. The summed E-state index contributed by atoms with van der Waals surface area (Å²) in [5, 5.41) is 0. The molecule has 0 radical (unpaired) electrons. The Labute approximate surface area is 146 Å². The highest BCUT2D eigenvalue weighted by Crippen LogP contribution is 2.18. The first-order valence-electron chi connectivity index (χ1n) is 7.55. The van der Waals surface area contributed by atoms with Gasteiger partial charge in [0.15, 0.2) is 0 Å². The minimum absolute atomic E-state index is 0.218. The van der Waals surface area contributed by atoms with Gasteiger partial charge in [0, 0.05) is 5.56 Å². The molecule has 0 spiro atoms. The van der Waals surface area contributed by atoms with Gasteiger partial charge >= 0.3 is 0 Å². The quantitative estimate of drug-likeness (QED) is 0.769. The van der Waals surface area contributed by atoms with Crippen LogP contribution in [0, 0.1) is 19.7 Å². The summed E-state index contributed by atoms with van der Waals surface area (Å²) >= 11 is 0. The topological polar surface area (TPSA) is 84.5 Å². The summed E-state index contributed by atoms with van der Waals surface area (Å²) in [6.07, 6.45) is 0. The third kappa shape index (κ3) is 4.77. The molecule has 2 rings (SSSR count). The number of ether oxygens (including phenoxy) is 1. The predicted molar refractivity (Wildman–Crippen MR) is 91.3 cm³/mol. The van der Waals surface area contributed by atoms with Crippen molar-refractivity contribution in [3.63, 3.8) is 0 Å². The summed E-state index contributed by atoms with van der Waals surface area (Å²) in [6, 6.07) is 8.53. The van der Waals surface area contributed by atoms with Crippen LogP contribution < -0.4 is 15.0 Å². The lowest BCUT2D eigenvalue weighted by Gasteiger charge is -2.11. The molecule has 0 fully saturated rings. The molecule has 0 bridgehead atoms. The zero-order chi connectivity index (χ0) is 18.6. The number of carbonyl (C=O) groups is 1. The summed E-state index contributed by atoms with van der Waals surface area (Å²) in [5.41, 5.74) is 3.66. The minimum Gasteiger partial charge on any atom is -0.494 e. The zero-order valence-corrected chi connectivity index (χ0v) is 14.9. The SMILES string of the molecule is CCOc1cc(C)cc(C(=O)NNS(=O)(=O)c2cc(C)ccc2F)c1. The lowest BCUT2D eigenvalue weighted by molar-refractivity contribution is 0.0944. The molecule has 6 nitrogen and oxygen atoms in total. The predicted octanol–water partition coefficient (Wildman–Crippen LogP) is 2.46. The first-order valence-corrected chi connectivity index (χ1v) is 9.04. The Bertz CT molecular complexity index is 898. The van der Waals surface area contributed by atoms with Gasteiger partial charge in [-0.25, -0.2) is 12.8 Å². The molecule has 2 N–H and O–H groups in total. The van der Waals surface area contributed by atoms with Crippen molar-refractivity contribution in [3.8, 4) is 5.75 Å². The summed E-state index contributed by atoms with van der Waals surface area (Å²) in [5.74, 6) is -1.08. The molecule has 1 amide bonds. The number of rotatable bonds is 6. The van der Waals surface area contributed by atoms with Gasteiger partial charge in [-0.2, -0.15) is 0 Å². The highest BCUT2D eigenvalue weighted by molar-refractivity contribution is 7.89. The molecule has 0 saturated heterocycles. The van der Waals surface area contributed by atoms with E-state index in [1.54, 1.807) is 26.0 Å². The second kappa shape index (κ2) is 7.62. The summed E-state index contributed by atoms with van der Waals surface area (Å²) in [4.78, 5) is 13.6. The van der Waals surface area contributed by atoms with Gasteiger partial charge in [-0.05, 0) is 62.2 Å². The molecule has 0 aliphatic rings. The van der Waals surface area contributed by atoms with Gasteiger partial charge in [0.25, 0.3) is 15.9 Å².